The van der Waals surface area contributed by atoms with Crippen molar-refractivity contribution in [2.75, 3.05) is 6.61 Å². The number of para-hydroxylation sites is 1. The maximum atomic E-state index is 12.0. The second-order valence-electron chi connectivity index (χ2n) is 6.71. The Morgan fingerprint density at radius 1 is 1.14 bits per heavy atom. The van der Waals surface area contributed by atoms with Crippen LogP contribution in [0.25, 0.3) is 10.9 Å². The SMILES string of the molecule is CC(NC(=O)COC(=O)CCCc1c[nH]c2ccccc12)c1ccc(Cl)cc1. The lowest BCUT2D eigenvalue weighted by molar-refractivity contribution is -0.148. The fourth-order valence-corrected chi connectivity index (χ4v) is 3.22. The summed E-state index contributed by atoms with van der Waals surface area (Å²) in [6, 6.07) is 15.1. The predicted octanol–water partition coefficient (Wildman–Crippen LogP) is 4.56. The zero-order valence-electron chi connectivity index (χ0n) is 15.7. The zero-order chi connectivity index (χ0) is 19.9. The minimum atomic E-state index is -0.367. The summed E-state index contributed by atoms with van der Waals surface area (Å²) < 4.78 is 5.09. The number of amides is 1. The Hall–Kier alpha value is -2.79. The number of aromatic amines is 1. The molecule has 1 atom stereocenters. The Balaban J connectivity index is 1.38. The summed E-state index contributed by atoms with van der Waals surface area (Å²) >= 11 is 5.86. The number of fused-ring (bicyclic) bond motifs is 1. The largest absolute Gasteiger partial charge is 0.456 e. The lowest BCUT2D eigenvalue weighted by Gasteiger charge is -2.14. The second-order valence-corrected chi connectivity index (χ2v) is 7.15. The molecule has 0 fully saturated rings. The van der Waals surface area contributed by atoms with Gasteiger partial charge >= 0.3 is 5.97 Å². The van der Waals surface area contributed by atoms with Crippen LogP contribution < -0.4 is 5.32 Å². The molecule has 28 heavy (non-hydrogen) atoms. The van der Waals surface area contributed by atoms with Gasteiger partial charge in [0.15, 0.2) is 6.61 Å². The first-order valence-corrected chi connectivity index (χ1v) is 9.66. The number of H-pyrrole nitrogens is 1. The van der Waals surface area contributed by atoms with Gasteiger partial charge < -0.3 is 15.0 Å². The highest BCUT2D eigenvalue weighted by atomic mass is 35.5. The maximum Gasteiger partial charge on any atom is 0.306 e. The van der Waals surface area contributed by atoms with Crippen molar-refractivity contribution >= 4 is 34.4 Å². The van der Waals surface area contributed by atoms with E-state index >= 15 is 0 Å². The molecular weight excluding hydrogens is 376 g/mol. The Kier molecular flexibility index (Phi) is 6.71. The number of aryl methyl sites for hydroxylation is 1. The Morgan fingerprint density at radius 3 is 2.68 bits per heavy atom. The molecule has 0 aliphatic carbocycles. The van der Waals surface area contributed by atoms with E-state index in [0.29, 0.717) is 11.4 Å². The Bertz CT molecular complexity index is 950. The molecule has 0 spiro atoms. The third-order valence-corrected chi connectivity index (χ3v) is 4.87. The van der Waals surface area contributed by atoms with Crippen molar-refractivity contribution in [2.45, 2.75) is 32.2 Å². The molecule has 0 aliphatic heterocycles. The highest BCUT2D eigenvalue weighted by Crippen LogP contribution is 2.19. The van der Waals surface area contributed by atoms with E-state index in [-0.39, 0.29) is 30.9 Å². The van der Waals surface area contributed by atoms with Crippen molar-refractivity contribution < 1.29 is 14.3 Å². The maximum absolute atomic E-state index is 12.0. The number of carbonyl (C=O) groups is 2. The van der Waals surface area contributed by atoms with E-state index in [1.54, 1.807) is 12.1 Å². The fourth-order valence-electron chi connectivity index (χ4n) is 3.10. The van der Waals surface area contributed by atoms with Crippen molar-refractivity contribution in [3.05, 3.63) is 70.9 Å². The van der Waals surface area contributed by atoms with Crippen LogP contribution in [0.5, 0.6) is 0 Å². The summed E-state index contributed by atoms with van der Waals surface area (Å²) in [5.41, 5.74) is 3.20. The normalized spacial score (nSPS) is 11.9. The first-order valence-electron chi connectivity index (χ1n) is 9.28. The number of hydrogen-bond donors (Lipinski definition) is 2. The smallest absolute Gasteiger partial charge is 0.306 e. The van der Waals surface area contributed by atoms with Gasteiger partial charge in [-0.05, 0) is 49.1 Å². The van der Waals surface area contributed by atoms with Crippen LogP contribution in [-0.4, -0.2) is 23.5 Å². The molecule has 3 aromatic rings. The van der Waals surface area contributed by atoms with E-state index in [4.69, 9.17) is 16.3 Å². The summed E-state index contributed by atoms with van der Waals surface area (Å²) in [5, 5.41) is 4.62. The number of esters is 1. The molecule has 1 amide bonds. The van der Waals surface area contributed by atoms with Gasteiger partial charge in [-0.15, -0.1) is 0 Å². The van der Waals surface area contributed by atoms with E-state index < -0.39 is 0 Å². The molecule has 146 valence electrons. The summed E-state index contributed by atoms with van der Waals surface area (Å²) in [5.74, 6) is -0.693. The lowest BCUT2D eigenvalue weighted by atomic mass is 10.1. The third kappa shape index (κ3) is 5.36. The number of benzene rings is 2. The molecule has 0 saturated carbocycles. The van der Waals surface area contributed by atoms with Crippen LogP contribution in [0.1, 0.15) is 36.9 Å². The number of carbonyl (C=O) groups excluding carboxylic acids is 2. The van der Waals surface area contributed by atoms with Gasteiger partial charge in [0.25, 0.3) is 5.91 Å². The van der Waals surface area contributed by atoms with Gasteiger partial charge in [-0.25, -0.2) is 0 Å². The van der Waals surface area contributed by atoms with E-state index in [2.05, 4.69) is 16.4 Å². The van der Waals surface area contributed by atoms with Crippen molar-refractivity contribution in [3.63, 3.8) is 0 Å². The van der Waals surface area contributed by atoms with Gasteiger partial charge in [-0.3, -0.25) is 9.59 Å². The van der Waals surface area contributed by atoms with Crippen molar-refractivity contribution in [1.29, 1.82) is 0 Å². The van der Waals surface area contributed by atoms with Gasteiger partial charge in [0.05, 0.1) is 6.04 Å². The molecule has 0 aliphatic rings. The Morgan fingerprint density at radius 2 is 1.89 bits per heavy atom. The molecule has 0 bridgehead atoms. The van der Waals surface area contributed by atoms with Gasteiger partial charge in [0.1, 0.15) is 0 Å². The zero-order valence-corrected chi connectivity index (χ0v) is 16.5. The Labute approximate surface area is 169 Å². The monoisotopic (exact) mass is 398 g/mol. The van der Waals surface area contributed by atoms with Crippen molar-refractivity contribution in [3.8, 4) is 0 Å². The van der Waals surface area contributed by atoms with Crippen LogP contribution in [0.4, 0.5) is 0 Å². The average Bonchev–Trinajstić information content (AvgIpc) is 3.10. The molecular formula is C22H23ClN2O3. The van der Waals surface area contributed by atoms with E-state index in [1.165, 1.54) is 10.9 Å². The molecule has 0 radical (unpaired) electrons. The average molecular weight is 399 g/mol. The van der Waals surface area contributed by atoms with E-state index in [9.17, 15) is 9.59 Å². The van der Waals surface area contributed by atoms with Crippen LogP contribution in [0.2, 0.25) is 5.02 Å². The molecule has 2 aromatic carbocycles. The van der Waals surface area contributed by atoms with Crippen LogP contribution >= 0.6 is 11.6 Å². The molecule has 6 heteroatoms. The number of aromatic nitrogens is 1. The van der Waals surface area contributed by atoms with Gasteiger partial charge in [-0.1, -0.05) is 41.9 Å². The number of halogens is 1. The molecule has 5 nitrogen and oxygen atoms in total. The lowest BCUT2D eigenvalue weighted by Crippen LogP contribution is -2.31. The van der Waals surface area contributed by atoms with Gasteiger partial charge in [-0.2, -0.15) is 0 Å². The minimum absolute atomic E-state index is 0.189. The predicted molar refractivity (Wildman–Crippen MR) is 110 cm³/mol. The molecule has 1 unspecified atom stereocenters. The third-order valence-electron chi connectivity index (χ3n) is 4.61. The van der Waals surface area contributed by atoms with Crippen molar-refractivity contribution in [2.24, 2.45) is 0 Å². The van der Waals surface area contributed by atoms with Gasteiger partial charge in [0, 0.05) is 28.5 Å². The fraction of sp³-hybridized carbons (Fsp3) is 0.273. The summed E-state index contributed by atoms with van der Waals surface area (Å²) in [4.78, 5) is 27.1. The second kappa shape index (κ2) is 9.42. The summed E-state index contributed by atoms with van der Waals surface area (Å²) in [6.07, 6.45) is 3.70. The number of hydrogen-bond acceptors (Lipinski definition) is 3. The standard InChI is InChI=1S/C22H23ClN2O3/c1-15(16-9-11-18(23)12-10-16)25-21(26)14-28-22(27)8-4-5-17-13-24-20-7-3-2-6-19(17)20/h2-3,6-7,9-13,15,24H,4-5,8,14H2,1H3,(H,25,26). The quantitative estimate of drug-likeness (QED) is 0.546. The highest BCUT2D eigenvalue weighted by Gasteiger charge is 2.12. The van der Waals surface area contributed by atoms with Gasteiger partial charge in [0.2, 0.25) is 0 Å². The number of ether oxygens (including phenoxy) is 1. The molecule has 2 N–H and O–H groups in total. The number of rotatable bonds is 8. The van der Waals surface area contributed by atoms with Crippen LogP contribution in [0, 0.1) is 0 Å². The first kappa shape index (κ1) is 20.0. The molecule has 3 rings (SSSR count). The minimum Gasteiger partial charge on any atom is -0.456 e. The first-order chi connectivity index (χ1) is 13.5. The van der Waals surface area contributed by atoms with Crippen molar-refractivity contribution in [1.82, 2.24) is 10.3 Å². The number of nitrogens with one attached hydrogen (secondary N) is 2. The summed E-state index contributed by atoms with van der Waals surface area (Å²) in [6.45, 7) is 1.59. The van der Waals surface area contributed by atoms with Crippen LogP contribution in [0.15, 0.2) is 54.7 Å². The van der Waals surface area contributed by atoms with Crippen LogP contribution in [-0.2, 0) is 20.7 Å². The van der Waals surface area contributed by atoms with E-state index in [1.807, 2.05) is 43.5 Å². The molecule has 1 aromatic heterocycles. The van der Waals surface area contributed by atoms with Crippen LogP contribution in [0.3, 0.4) is 0 Å². The highest BCUT2D eigenvalue weighted by molar-refractivity contribution is 6.30. The topological polar surface area (TPSA) is 71.2 Å². The van der Waals surface area contributed by atoms with E-state index in [0.717, 1.165) is 17.5 Å². The molecule has 0 saturated heterocycles. The summed E-state index contributed by atoms with van der Waals surface area (Å²) in [7, 11) is 0. The molecule has 1 heterocycles.